The second-order valence-corrected chi connectivity index (χ2v) is 4.57. The van der Waals surface area contributed by atoms with E-state index >= 15 is 0 Å². The van der Waals surface area contributed by atoms with E-state index in [1.165, 1.54) is 5.57 Å². The third-order valence-corrected chi connectivity index (χ3v) is 2.95. The van der Waals surface area contributed by atoms with Crippen LogP contribution in [0.15, 0.2) is 10.5 Å². The lowest BCUT2D eigenvalue weighted by atomic mass is 10.1. The quantitative estimate of drug-likeness (QED) is 0.452. The molecule has 1 heterocycles. The Balaban J connectivity index is 2.73. The van der Waals surface area contributed by atoms with Crippen LogP contribution >= 0.6 is 11.8 Å². The summed E-state index contributed by atoms with van der Waals surface area (Å²) in [7, 11) is 0. The third-order valence-electron chi connectivity index (χ3n) is 1.32. The molecule has 0 spiro atoms. The number of hydrogen-bond acceptors (Lipinski definition) is 1. The van der Waals surface area contributed by atoms with E-state index < -0.39 is 0 Å². The number of hydrogen-bond donors (Lipinski definition) is 0. The van der Waals surface area contributed by atoms with Crippen molar-refractivity contribution in [2.75, 3.05) is 0 Å². The van der Waals surface area contributed by atoms with Crippen LogP contribution in [0.2, 0.25) is 0 Å². The zero-order valence-electron chi connectivity index (χ0n) is 5.91. The van der Waals surface area contributed by atoms with Crippen molar-refractivity contribution in [1.82, 2.24) is 0 Å². The first-order valence-corrected chi connectivity index (χ1v) is 3.72. The smallest absolute Gasteiger partial charge is 0.0455 e. The zero-order valence-corrected chi connectivity index (χ0v) is 6.72. The van der Waals surface area contributed by atoms with Gasteiger partial charge in [0.2, 0.25) is 0 Å². The fourth-order valence-corrected chi connectivity index (χ4v) is 1.80. The minimum atomic E-state index is 0.485. The zero-order chi connectivity index (χ0) is 6.36. The van der Waals surface area contributed by atoms with Crippen LogP contribution in [0, 0.1) is 0 Å². The molecule has 0 N–H and O–H groups in total. The van der Waals surface area contributed by atoms with Crippen LogP contribution in [-0.2, 0) is 0 Å². The molecule has 0 radical (unpaired) electrons. The molecule has 1 aliphatic rings. The summed E-state index contributed by atoms with van der Waals surface area (Å²) in [5.41, 5.74) is 1.49. The first-order chi connectivity index (χ1) is 3.54. The van der Waals surface area contributed by atoms with Gasteiger partial charge in [0.25, 0.3) is 0 Å². The van der Waals surface area contributed by atoms with Gasteiger partial charge in [-0.05, 0) is 27.7 Å². The Labute approximate surface area is 55.4 Å². The maximum Gasteiger partial charge on any atom is 0.0455 e. The Morgan fingerprint density at radius 2 is 1.75 bits per heavy atom. The first-order valence-electron chi connectivity index (χ1n) is 2.91. The minimum Gasteiger partial charge on any atom is -0.118 e. The molecule has 0 aromatic rings. The molecule has 1 fully saturated rings. The molecular formula is C7H12S. The van der Waals surface area contributed by atoms with Crippen molar-refractivity contribution in [3.05, 3.63) is 10.5 Å². The molecule has 0 saturated carbocycles. The molecule has 0 aliphatic carbocycles. The van der Waals surface area contributed by atoms with Crippen molar-refractivity contribution in [2.45, 2.75) is 32.4 Å². The average molecular weight is 128 g/mol. The highest BCUT2D eigenvalue weighted by Gasteiger charge is 2.41. The summed E-state index contributed by atoms with van der Waals surface area (Å²) in [4.78, 5) is 1.58. The fourth-order valence-electron chi connectivity index (χ4n) is 0.934. The lowest BCUT2D eigenvalue weighted by molar-refractivity contribution is 0.944. The van der Waals surface area contributed by atoms with Gasteiger partial charge in [-0.3, -0.25) is 0 Å². The molecule has 0 nitrogen and oxygen atoms in total. The Morgan fingerprint density at radius 1 is 1.38 bits per heavy atom. The molecule has 0 atom stereocenters. The lowest BCUT2D eigenvalue weighted by Crippen LogP contribution is -1.89. The van der Waals surface area contributed by atoms with E-state index in [1.807, 2.05) is 11.8 Å². The van der Waals surface area contributed by atoms with Crippen LogP contribution in [0.5, 0.6) is 0 Å². The molecule has 1 heteroatoms. The highest BCUT2D eigenvalue weighted by Crippen LogP contribution is 2.58. The van der Waals surface area contributed by atoms with E-state index in [-0.39, 0.29) is 0 Å². The van der Waals surface area contributed by atoms with Crippen LogP contribution in [0.25, 0.3) is 0 Å². The van der Waals surface area contributed by atoms with Gasteiger partial charge in [0.05, 0.1) is 0 Å². The highest BCUT2D eigenvalue weighted by molar-refractivity contribution is 8.12. The predicted octanol–water partition coefficient (Wildman–Crippen LogP) is 2.81. The largest absolute Gasteiger partial charge is 0.118 e. The fraction of sp³-hybridized carbons (Fsp3) is 0.714. The molecule has 1 rings (SSSR count). The van der Waals surface area contributed by atoms with Crippen molar-refractivity contribution in [2.24, 2.45) is 0 Å². The summed E-state index contributed by atoms with van der Waals surface area (Å²) in [6, 6.07) is 0. The summed E-state index contributed by atoms with van der Waals surface area (Å²) < 4.78 is 0.485. The van der Waals surface area contributed by atoms with E-state index in [0.29, 0.717) is 4.75 Å². The standard InChI is InChI=1S/C7H12S/c1-5(2)6-7(3,4)8-6/h1-4H3. The van der Waals surface area contributed by atoms with Crippen molar-refractivity contribution < 1.29 is 0 Å². The Kier molecular flexibility index (Phi) is 1.19. The second-order valence-electron chi connectivity index (χ2n) is 2.94. The molecule has 0 amide bonds. The van der Waals surface area contributed by atoms with Gasteiger partial charge < -0.3 is 0 Å². The van der Waals surface area contributed by atoms with Crippen molar-refractivity contribution in [3.63, 3.8) is 0 Å². The van der Waals surface area contributed by atoms with Crippen molar-refractivity contribution in [1.29, 1.82) is 0 Å². The summed E-state index contributed by atoms with van der Waals surface area (Å²) >= 11 is 1.98. The van der Waals surface area contributed by atoms with E-state index in [0.717, 1.165) is 0 Å². The molecule has 46 valence electrons. The Hall–Kier alpha value is 0.0900. The van der Waals surface area contributed by atoms with Gasteiger partial charge >= 0.3 is 0 Å². The maximum absolute atomic E-state index is 2.26. The average Bonchev–Trinajstić information content (AvgIpc) is 2.13. The van der Waals surface area contributed by atoms with Gasteiger partial charge in [-0.2, -0.15) is 0 Å². The molecule has 0 bridgehead atoms. The van der Waals surface area contributed by atoms with Crippen LogP contribution in [0.4, 0.5) is 0 Å². The normalized spacial score (nSPS) is 23.2. The summed E-state index contributed by atoms with van der Waals surface area (Å²) in [6.45, 7) is 8.88. The third kappa shape index (κ3) is 0.921. The summed E-state index contributed by atoms with van der Waals surface area (Å²) in [6.07, 6.45) is 0. The van der Waals surface area contributed by atoms with E-state index in [2.05, 4.69) is 27.7 Å². The van der Waals surface area contributed by atoms with E-state index in [4.69, 9.17) is 0 Å². The molecule has 1 saturated heterocycles. The summed E-state index contributed by atoms with van der Waals surface area (Å²) in [5, 5.41) is 0. The van der Waals surface area contributed by atoms with Crippen LogP contribution in [0.1, 0.15) is 27.7 Å². The van der Waals surface area contributed by atoms with Crippen molar-refractivity contribution >= 4 is 11.8 Å². The predicted molar refractivity (Wildman–Crippen MR) is 40.0 cm³/mol. The Morgan fingerprint density at radius 3 is 1.75 bits per heavy atom. The molecular weight excluding hydrogens is 116 g/mol. The van der Waals surface area contributed by atoms with E-state index in [1.54, 1.807) is 4.91 Å². The van der Waals surface area contributed by atoms with Gasteiger partial charge in [0.1, 0.15) is 0 Å². The highest BCUT2D eigenvalue weighted by atomic mass is 32.2. The molecule has 0 aromatic carbocycles. The topological polar surface area (TPSA) is 0 Å². The van der Waals surface area contributed by atoms with Gasteiger partial charge in [0.15, 0.2) is 0 Å². The van der Waals surface area contributed by atoms with E-state index in [9.17, 15) is 0 Å². The number of thioether (sulfide) groups is 1. The SMILES string of the molecule is CC(C)=C1SC1(C)C. The number of rotatable bonds is 0. The van der Waals surface area contributed by atoms with Crippen LogP contribution in [-0.4, -0.2) is 4.75 Å². The second kappa shape index (κ2) is 1.53. The van der Waals surface area contributed by atoms with Crippen LogP contribution < -0.4 is 0 Å². The Bertz CT molecular complexity index is 138. The maximum atomic E-state index is 2.26. The summed E-state index contributed by atoms with van der Waals surface area (Å²) in [5.74, 6) is 0. The van der Waals surface area contributed by atoms with Crippen molar-refractivity contribution in [3.8, 4) is 0 Å². The molecule has 0 unspecified atom stereocenters. The van der Waals surface area contributed by atoms with Gasteiger partial charge in [0, 0.05) is 9.65 Å². The lowest BCUT2D eigenvalue weighted by Gasteiger charge is -1.89. The molecule has 0 aromatic heterocycles. The van der Waals surface area contributed by atoms with Gasteiger partial charge in [-0.25, -0.2) is 0 Å². The molecule has 8 heavy (non-hydrogen) atoms. The van der Waals surface area contributed by atoms with Gasteiger partial charge in [-0.15, -0.1) is 11.8 Å². The number of allylic oxidation sites excluding steroid dienone is 1. The monoisotopic (exact) mass is 128 g/mol. The molecule has 1 aliphatic heterocycles. The minimum absolute atomic E-state index is 0.485. The first kappa shape index (κ1) is 6.21. The van der Waals surface area contributed by atoms with Crippen LogP contribution in [0.3, 0.4) is 0 Å². The van der Waals surface area contributed by atoms with Gasteiger partial charge in [-0.1, -0.05) is 5.57 Å².